The molecule has 1 N–H and O–H groups in total. The highest BCUT2D eigenvalue weighted by molar-refractivity contribution is 5.31. The number of rotatable bonds is 7. The van der Waals surface area contributed by atoms with E-state index in [2.05, 4.69) is 10.4 Å². The van der Waals surface area contributed by atoms with Crippen molar-refractivity contribution in [3.05, 3.63) is 47.2 Å². The maximum Gasteiger partial charge on any atom is 0.422 e. The van der Waals surface area contributed by atoms with E-state index in [-0.39, 0.29) is 5.88 Å². The minimum atomic E-state index is -4.36. The number of nitrogens with one attached hydrogen (secondary N) is 1. The number of ether oxygens (including phenoxy) is 1. The molecular formula is C16H20F3N3O. The zero-order valence-electron chi connectivity index (χ0n) is 13.2. The van der Waals surface area contributed by atoms with E-state index in [4.69, 9.17) is 4.74 Å². The molecule has 0 radical (unpaired) electrons. The third-order valence-electron chi connectivity index (χ3n) is 3.40. The van der Waals surface area contributed by atoms with E-state index in [0.29, 0.717) is 17.8 Å². The van der Waals surface area contributed by atoms with Crippen molar-refractivity contribution in [1.82, 2.24) is 15.1 Å². The van der Waals surface area contributed by atoms with Crippen molar-refractivity contribution in [3.63, 3.8) is 0 Å². The molecule has 0 aliphatic carbocycles. The molecule has 23 heavy (non-hydrogen) atoms. The molecular weight excluding hydrogens is 307 g/mol. The Hall–Kier alpha value is -2.02. The fourth-order valence-electron chi connectivity index (χ4n) is 2.31. The third kappa shape index (κ3) is 5.28. The molecule has 0 unspecified atom stereocenters. The Morgan fingerprint density at radius 2 is 1.91 bits per heavy atom. The first-order valence-electron chi connectivity index (χ1n) is 7.33. The Labute approximate surface area is 133 Å². The summed E-state index contributed by atoms with van der Waals surface area (Å²) in [6.07, 6.45) is -3.52. The van der Waals surface area contributed by atoms with Gasteiger partial charge < -0.3 is 10.1 Å². The molecule has 1 aromatic carbocycles. The molecule has 0 saturated heterocycles. The minimum Gasteiger partial charge on any atom is -0.468 e. The fourth-order valence-corrected chi connectivity index (χ4v) is 2.31. The van der Waals surface area contributed by atoms with E-state index < -0.39 is 12.8 Å². The van der Waals surface area contributed by atoms with E-state index in [1.807, 2.05) is 30.3 Å². The summed E-state index contributed by atoms with van der Waals surface area (Å²) in [6.45, 7) is 1.58. The van der Waals surface area contributed by atoms with Crippen LogP contribution in [0, 0.1) is 6.92 Å². The predicted molar refractivity (Wildman–Crippen MR) is 81.3 cm³/mol. The van der Waals surface area contributed by atoms with Crippen LogP contribution >= 0.6 is 0 Å². The topological polar surface area (TPSA) is 39.1 Å². The van der Waals surface area contributed by atoms with Crippen molar-refractivity contribution in [2.24, 2.45) is 7.05 Å². The van der Waals surface area contributed by atoms with E-state index in [1.54, 1.807) is 14.0 Å². The average molecular weight is 327 g/mol. The number of alkyl halides is 3. The van der Waals surface area contributed by atoms with E-state index >= 15 is 0 Å². The highest BCUT2D eigenvalue weighted by atomic mass is 19.4. The number of hydrogen-bond donors (Lipinski definition) is 1. The summed E-state index contributed by atoms with van der Waals surface area (Å²) in [4.78, 5) is 0. The molecule has 1 aromatic heterocycles. The molecule has 126 valence electrons. The Kier molecular flexibility index (Phi) is 5.65. The number of hydrogen-bond acceptors (Lipinski definition) is 3. The fraction of sp³-hybridized carbons (Fsp3) is 0.438. The van der Waals surface area contributed by atoms with Gasteiger partial charge in [-0.3, -0.25) is 0 Å². The van der Waals surface area contributed by atoms with Gasteiger partial charge in [0.1, 0.15) is 0 Å². The van der Waals surface area contributed by atoms with Crippen LogP contribution in [-0.2, 0) is 20.0 Å². The van der Waals surface area contributed by atoms with Gasteiger partial charge in [0.2, 0.25) is 5.88 Å². The lowest BCUT2D eigenvalue weighted by molar-refractivity contribution is -0.154. The first-order chi connectivity index (χ1) is 10.9. The summed E-state index contributed by atoms with van der Waals surface area (Å²) in [7, 11) is 1.58. The predicted octanol–water partition coefficient (Wildman–Crippen LogP) is 3.00. The molecule has 1 heterocycles. The normalized spacial score (nSPS) is 11.7. The molecule has 0 amide bonds. The lowest BCUT2D eigenvalue weighted by Gasteiger charge is -2.12. The van der Waals surface area contributed by atoms with Gasteiger partial charge >= 0.3 is 6.18 Å². The summed E-state index contributed by atoms with van der Waals surface area (Å²) in [6, 6.07) is 9.98. The lowest BCUT2D eigenvalue weighted by atomic mass is 10.1. The van der Waals surface area contributed by atoms with Crippen molar-refractivity contribution in [3.8, 4) is 5.88 Å². The quantitative estimate of drug-likeness (QED) is 0.795. The molecule has 0 saturated carbocycles. The number of nitrogens with zero attached hydrogens (tertiary/aromatic N) is 2. The van der Waals surface area contributed by atoms with E-state index in [0.717, 1.165) is 13.0 Å². The molecule has 7 heteroatoms. The van der Waals surface area contributed by atoms with Gasteiger partial charge in [0, 0.05) is 13.6 Å². The summed E-state index contributed by atoms with van der Waals surface area (Å²) in [5.41, 5.74) is 2.53. The Morgan fingerprint density at radius 3 is 2.57 bits per heavy atom. The average Bonchev–Trinajstić information content (AvgIpc) is 2.75. The van der Waals surface area contributed by atoms with Crippen LogP contribution in [0.15, 0.2) is 30.3 Å². The zero-order valence-corrected chi connectivity index (χ0v) is 13.2. The molecule has 0 spiro atoms. The van der Waals surface area contributed by atoms with Crippen molar-refractivity contribution >= 4 is 0 Å². The number of aromatic nitrogens is 2. The number of halogens is 3. The first-order valence-corrected chi connectivity index (χ1v) is 7.33. The second-order valence-electron chi connectivity index (χ2n) is 5.31. The first kappa shape index (κ1) is 17.3. The van der Waals surface area contributed by atoms with Gasteiger partial charge in [-0.1, -0.05) is 30.3 Å². The van der Waals surface area contributed by atoms with Crippen molar-refractivity contribution in [1.29, 1.82) is 0 Å². The highest BCUT2D eigenvalue weighted by Crippen LogP contribution is 2.24. The van der Waals surface area contributed by atoms with Crippen LogP contribution < -0.4 is 10.1 Å². The molecule has 0 fully saturated rings. The SMILES string of the molecule is Cc1nn(C)c(OCC(F)(F)F)c1CNCCc1ccccc1. The second kappa shape index (κ2) is 7.50. The molecule has 0 aliphatic heterocycles. The summed E-state index contributed by atoms with van der Waals surface area (Å²) in [5, 5.41) is 7.36. The van der Waals surface area contributed by atoms with Crippen LogP contribution in [0.1, 0.15) is 16.8 Å². The minimum absolute atomic E-state index is 0.159. The second-order valence-corrected chi connectivity index (χ2v) is 5.31. The molecule has 2 aromatic rings. The highest BCUT2D eigenvalue weighted by Gasteiger charge is 2.30. The Bertz CT molecular complexity index is 623. The number of aryl methyl sites for hydroxylation is 2. The summed E-state index contributed by atoms with van der Waals surface area (Å²) < 4.78 is 43.3. The summed E-state index contributed by atoms with van der Waals surface area (Å²) >= 11 is 0. The van der Waals surface area contributed by atoms with Gasteiger partial charge in [-0.2, -0.15) is 18.3 Å². The largest absolute Gasteiger partial charge is 0.468 e. The Morgan fingerprint density at radius 1 is 1.22 bits per heavy atom. The van der Waals surface area contributed by atoms with Crippen LogP contribution in [0.4, 0.5) is 13.2 Å². The molecule has 0 atom stereocenters. The van der Waals surface area contributed by atoms with Crippen molar-refractivity contribution in [2.75, 3.05) is 13.2 Å². The smallest absolute Gasteiger partial charge is 0.422 e. The molecule has 0 aliphatic rings. The Balaban J connectivity index is 1.91. The molecule has 2 rings (SSSR count). The van der Waals surface area contributed by atoms with E-state index in [1.165, 1.54) is 10.2 Å². The van der Waals surface area contributed by atoms with Gasteiger partial charge in [0.05, 0.1) is 11.3 Å². The van der Waals surface area contributed by atoms with Crippen LogP contribution in [0.3, 0.4) is 0 Å². The van der Waals surface area contributed by atoms with Gasteiger partial charge in [-0.05, 0) is 25.5 Å². The molecule has 4 nitrogen and oxygen atoms in total. The maximum absolute atomic E-state index is 12.3. The number of benzene rings is 1. The van der Waals surface area contributed by atoms with Crippen molar-refractivity contribution in [2.45, 2.75) is 26.1 Å². The van der Waals surface area contributed by atoms with E-state index in [9.17, 15) is 13.2 Å². The monoisotopic (exact) mass is 327 g/mol. The van der Waals surface area contributed by atoms with Gasteiger partial charge in [0.25, 0.3) is 0 Å². The van der Waals surface area contributed by atoms with Crippen LogP contribution in [0.5, 0.6) is 5.88 Å². The van der Waals surface area contributed by atoms with Gasteiger partial charge in [0.15, 0.2) is 6.61 Å². The van der Waals surface area contributed by atoms with Crippen LogP contribution in [0.2, 0.25) is 0 Å². The lowest BCUT2D eigenvalue weighted by Crippen LogP contribution is -2.22. The standard InChI is InChI=1S/C16H20F3N3O/c1-12-14(10-20-9-8-13-6-4-3-5-7-13)15(22(2)21-12)23-11-16(17,18)19/h3-7,20H,8-11H2,1-2H3. The van der Waals surface area contributed by atoms with Crippen LogP contribution in [0.25, 0.3) is 0 Å². The third-order valence-corrected chi connectivity index (χ3v) is 3.40. The zero-order chi connectivity index (χ0) is 16.9. The van der Waals surface area contributed by atoms with Crippen molar-refractivity contribution < 1.29 is 17.9 Å². The van der Waals surface area contributed by atoms with Gasteiger partial charge in [-0.25, -0.2) is 4.68 Å². The van der Waals surface area contributed by atoms with Crippen LogP contribution in [-0.4, -0.2) is 29.1 Å². The summed E-state index contributed by atoms with van der Waals surface area (Å²) in [5.74, 6) is 0.159. The maximum atomic E-state index is 12.3. The van der Waals surface area contributed by atoms with Gasteiger partial charge in [-0.15, -0.1) is 0 Å². The molecule has 0 bridgehead atoms.